The molecule has 2 aliphatic rings. The number of benzene rings is 1. The average molecular weight is 377 g/mol. The quantitative estimate of drug-likeness (QED) is 0.714. The Morgan fingerprint density at radius 3 is 2.64 bits per heavy atom. The van der Waals surface area contributed by atoms with Crippen molar-refractivity contribution >= 4 is 23.8 Å². The molecule has 4 nitrogen and oxygen atoms in total. The predicted octanol–water partition coefficient (Wildman–Crippen LogP) is 4.88. The van der Waals surface area contributed by atoms with Crippen molar-refractivity contribution in [2.24, 2.45) is 13.0 Å². The van der Waals surface area contributed by atoms with E-state index in [0.29, 0.717) is 6.04 Å². The largest absolute Gasteiger partial charge is 0.303 e. The summed E-state index contributed by atoms with van der Waals surface area (Å²) in [6.07, 6.45) is 8.18. The second-order valence-corrected chi connectivity index (χ2v) is 8.18. The SMILES string of the molecule is Cn1c(-c2ccc(Cl)cc2)nn(CN2CCC[C@@H]3CCCC[C@@H]32)c1=S. The normalized spacial score (nSPS) is 24.2. The molecule has 1 aromatic carbocycles. The van der Waals surface area contributed by atoms with Gasteiger partial charge < -0.3 is 4.57 Å². The molecule has 0 unspecified atom stereocenters. The number of fused-ring (bicyclic) bond motifs is 1. The Labute approximate surface area is 159 Å². The first-order chi connectivity index (χ1) is 12.1. The summed E-state index contributed by atoms with van der Waals surface area (Å²) in [6.45, 7) is 1.97. The van der Waals surface area contributed by atoms with Crippen molar-refractivity contribution in [3.05, 3.63) is 34.1 Å². The van der Waals surface area contributed by atoms with Crippen LogP contribution < -0.4 is 0 Å². The van der Waals surface area contributed by atoms with Crippen molar-refractivity contribution in [3.8, 4) is 11.4 Å². The topological polar surface area (TPSA) is 26.0 Å². The van der Waals surface area contributed by atoms with Gasteiger partial charge in [0.15, 0.2) is 10.6 Å². The molecule has 2 heterocycles. The van der Waals surface area contributed by atoms with Crippen LogP contribution in [0.1, 0.15) is 38.5 Å². The fourth-order valence-electron chi connectivity index (χ4n) is 4.51. The van der Waals surface area contributed by atoms with Gasteiger partial charge in [0, 0.05) is 30.2 Å². The Morgan fingerprint density at radius 2 is 1.84 bits per heavy atom. The summed E-state index contributed by atoms with van der Waals surface area (Å²) in [7, 11) is 2.00. The minimum Gasteiger partial charge on any atom is -0.303 e. The number of likely N-dealkylation sites (tertiary alicyclic amines) is 1. The fraction of sp³-hybridized carbons (Fsp3) is 0.579. The van der Waals surface area contributed by atoms with Gasteiger partial charge in [0.2, 0.25) is 0 Å². The van der Waals surface area contributed by atoms with Gasteiger partial charge in [0.1, 0.15) is 0 Å². The molecule has 0 amide bonds. The number of piperidine rings is 1. The highest BCUT2D eigenvalue weighted by Crippen LogP contribution is 2.35. The molecule has 1 aromatic heterocycles. The van der Waals surface area contributed by atoms with Crippen LogP contribution >= 0.6 is 23.8 Å². The van der Waals surface area contributed by atoms with E-state index in [1.807, 2.05) is 40.6 Å². The molecule has 0 bridgehead atoms. The first-order valence-electron chi connectivity index (χ1n) is 9.27. The molecule has 0 N–H and O–H groups in total. The Hall–Kier alpha value is -1.17. The maximum absolute atomic E-state index is 6.01. The summed E-state index contributed by atoms with van der Waals surface area (Å²) in [5, 5.41) is 5.57. The summed E-state index contributed by atoms with van der Waals surface area (Å²) in [6, 6.07) is 8.52. The maximum atomic E-state index is 6.01. The molecule has 1 saturated heterocycles. The third-order valence-corrected chi connectivity index (χ3v) is 6.55. The van der Waals surface area contributed by atoms with Gasteiger partial charge in [-0.25, -0.2) is 4.68 Å². The third-order valence-electron chi connectivity index (χ3n) is 5.82. The molecule has 1 aliphatic heterocycles. The smallest absolute Gasteiger partial charge is 0.199 e. The van der Waals surface area contributed by atoms with Gasteiger partial charge in [0.25, 0.3) is 0 Å². The third kappa shape index (κ3) is 3.42. The zero-order valence-corrected chi connectivity index (χ0v) is 16.3. The summed E-state index contributed by atoms with van der Waals surface area (Å²) >= 11 is 11.7. The van der Waals surface area contributed by atoms with Gasteiger partial charge in [-0.3, -0.25) is 4.90 Å². The average Bonchev–Trinajstić information content (AvgIpc) is 2.91. The molecule has 0 spiro atoms. The van der Waals surface area contributed by atoms with E-state index in [9.17, 15) is 0 Å². The van der Waals surface area contributed by atoms with E-state index in [2.05, 4.69) is 4.90 Å². The van der Waals surface area contributed by atoms with Crippen LogP contribution in [0.3, 0.4) is 0 Å². The monoisotopic (exact) mass is 376 g/mol. The van der Waals surface area contributed by atoms with Crippen molar-refractivity contribution in [2.45, 2.75) is 51.2 Å². The number of hydrogen-bond donors (Lipinski definition) is 0. The zero-order valence-electron chi connectivity index (χ0n) is 14.7. The molecule has 2 aromatic rings. The Balaban J connectivity index is 1.59. The van der Waals surface area contributed by atoms with Gasteiger partial charge in [-0.05, 0) is 68.1 Å². The lowest BCUT2D eigenvalue weighted by Gasteiger charge is -2.43. The van der Waals surface area contributed by atoms with Crippen molar-refractivity contribution in [2.75, 3.05) is 6.54 Å². The van der Waals surface area contributed by atoms with Gasteiger partial charge in [-0.2, -0.15) is 5.10 Å². The standard InChI is InChI=1S/C19H25ClN4S/c1-22-18(15-8-10-16(20)11-9-15)21-24(19(22)25)13-23-12-4-6-14-5-2-3-7-17(14)23/h8-11,14,17H,2-7,12-13H2,1H3/t14-,17-/m0/s1. The lowest BCUT2D eigenvalue weighted by atomic mass is 9.78. The van der Waals surface area contributed by atoms with Gasteiger partial charge >= 0.3 is 0 Å². The van der Waals surface area contributed by atoms with Crippen molar-refractivity contribution < 1.29 is 0 Å². The molecule has 25 heavy (non-hydrogen) atoms. The molecule has 134 valence electrons. The first-order valence-corrected chi connectivity index (χ1v) is 10.1. The van der Waals surface area contributed by atoms with Crippen molar-refractivity contribution in [1.29, 1.82) is 0 Å². The van der Waals surface area contributed by atoms with E-state index < -0.39 is 0 Å². The van der Waals surface area contributed by atoms with Gasteiger partial charge in [-0.1, -0.05) is 24.4 Å². The minimum atomic E-state index is 0.713. The van der Waals surface area contributed by atoms with E-state index in [1.165, 1.54) is 38.5 Å². The summed E-state index contributed by atoms with van der Waals surface area (Å²) in [4.78, 5) is 2.61. The number of halogens is 1. The zero-order chi connectivity index (χ0) is 17.4. The lowest BCUT2D eigenvalue weighted by molar-refractivity contribution is 0.0323. The number of rotatable bonds is 3. The molecule has 1 aliphatic carbocycles. The molecular formula is C19H25ClN4S. The van der Waals surface area contributed by atoms with Crippen LogP contribution in [0.25, 0.3) is 11.4 Å². The van der Waals surface area contributed by atoms with E-state index >= 15 is 0 Å². The van der Waals surface area contributed by atoms with Crippen LogP contribution in [0, 0.1) is 10.7 Å². The van der Waals surface area contributed by atoms with Crippen LogP contribution in [0.2, 0.25) is 5.02 Å². The van der Waals surface area contributed by atoms with Crippen LogP contribution in [0.4, 0.5) is 0 Å². The van der Waals surface area contributed by atoms with Crippen LogP contribution in [-0.4, -0.2) is 31.8 Å². The van der Waals surface area contributed by atoms with Gasteiger partial charge in [-0.15, -0.1) is 0 Å². The fourth-order valence-corrected chi connectivity index (χ4v) is 4.82. The Bertz CT molecular complexity index is 793. The second kappa shape index (κ2) is 7.22. The Morgan fingerprint density at radius 1 is 1.12 bits per heavy atom. The summed E-state index contributed by atoms with van der Waals surface area (Å²) in [5.74, 6) is 1.77. The minimum absolute atomic E-state index is 0.713. The van der Waals surface area contributed by atoms with Crippen molar-refractivity contribution in [1.82, 2.24) is 19.2 Å². The van der Waals surface area contributed by atoms with Crippen LogP contribution in [0.5, 0.6) is 0 Å². The maximum Gasteiger partial charge on any atom is 0.199 e. The molecule has 1 saturated carbocycles. The highest BCUT2D eigenvalue weighted by atomic mass is 35.5. The number of nitrogens with zero attached hydrogens (tertiary/aromatic N) is 4. The predicted molar refractivity (Wildman–Crippen MR) is 104 cm³/mol. The summed E-state index contributed by atoms with van der Waals surface area (Å²) in [5.41, 5.74) is 1.05. The van der Waals surface area contributed by atoms with Gasteiger partial charge in [0.05, 0.1) is 6.67 Å². The number of hydrogen-bond acceptors (Lipinski definition) is 3. The molecular weight excluding hydrogens is 352 g/mol. The summed E-state index contributed by atoms with van der Waals surface area (Å²) < 4.78 is 4.78. The highest BCUT2D eigenvalue weighted by Gasteiger charge is 2.33. The van der Waals surface area contributed by atoms with E-state index in [1.54, 1.807) is 0 Å². The second-order valence-electron chi connectivity index (χ2n) is 7.38. The van der Waals surface area contributed by atoms with Crippen LogP contribution in [-0.2, 0) is 13.7 Å². The first kappa shape index (κ1) is 17.3. The molecule has 2 fully saturated rings. The molecule has 2 atom stereocenters. The highest BCUT2D eigenvalue weighted by molar-refractivity contribution is 7.71. The van der Waals surface area contributed by atoms with Crippen LogP contribution in [0.15, 0.2) is 24.3 Å². The van der Waals surface area contributed by atoms with E-state index in [0.717, 1.165) is 40.3 Å². The van der Waals surface area contributed by atoms with Crippen molar-refractivity contribution in [3.63, 3.8) is 0 Å². The van der Waals surface area contributed by atoms with E-state index in [4.69, 9.17) is 28.9 Å². The molecule has 6 heteroatoms. The number of aromatic nitrogens is 3. The Kier molecular flexibility index (Phi) is 4.98. The molecule has 0 radical (unpaired) electrons. The lowest BCUT2D eigenvalue weighted by Crippen LogP contribution is -2.47. The molecule has 4 rings (SSSR count). The van der Waals surface area contributed by atoms with E-state index in [-0.39, 0.29) is 0 Å².